The zero-order valence-electron chi connectivity index (χ0n) is 14.2. The highest BCUT2D eigenvalue weighted by Gasteiger charge is 2.22. The first-order chi connectivity index (χ1) is 13.1. The van der Waals surface area contributed by atoms with Crippen LogP contribution in [0, 0.1) is 6.92 Å². The molecule has 2 aromatic heterocycles. The Morgan fingerprint density at radius 3 is 2.63 bits per heavy atom. The number of aromatic nitrogens is 3. The molecule has 0 N–H and O–H groups in total. The smallest absolute Gasteiger partial charge is 0.259 e. The summed E-state index contributed by atoms with van der Waals surface area (Å²) in [5, 5.41) is 13.2. The van der Waals surface area contributed by atoms with Gasteiger partial charge in [-0.05, 0) is 30.7 Å². The minimum atomic E-state index is 0.200. The van der Waals surface area contributed by atoms with Gasteiger partial charge in [-0.2, -0.15) is 0 Å². The first-order valence-corrected chi connectivity index (χ1v) is 8.86. The summed E-state index contributed by atoms with van der Waals surface area (Å²) in [4.78, 5) is 0. The van der Waals surface area contributed by atoms with Crippen LogP contribution in [-0.2, 0) is 0 Å². The van der Waals surface area contributed by atoms with E-state index in [9.17, 15) is 0 Å². The van der Waals surface area contributed by atoms with Crippen LogP contribution in [0.4, 0.5) is 0 Å². The molecule has 0 fully saturated rings. The van der Waals surface area contributed by atoms with Gasteiger partial charge in [0.15, 0.2) is 0 Å². The van der Waals surface area contributed by atoms with Crippen LogP contribution in [0.1, 0.15) is 17.2 Å². The van der Waals surface area contributed by atoms with Crippen LogP contribution in [0.5, 0.6) is 0 Å². The molecule has 0 aliphatic rings. The van der Waals surface area contributed by atoms with E-state index in [1.807, 2.05) is 42.5 Å². The molecule has 0 aliphatic heterocycles. The van der Waals surface area contributed by atoms with E-state index in [0.29, 0.717) is 33.0 Å². The highest BCUT2D eigenvalue weighted by Crippen LogP contribution is 2.34. The summed E-state index contributed by atoms with van der Waals surface area (Å²) >= 11 is 12.3. The van der Waals surface area contributed by atoms with Gasteiger partial charge in [-0.15, -0.1) is 10.2 Å². The van der Waals surface area contributed by atoms with E-state index >= 15 is 0 Å². The zero-order valence-corrected chi connectivity index (χ0v) is 15.7. The molecule has 0 saturated carbocycles. The van der Waals surface area contributed by atoms with Crippen LogP contribution in [-0.4, -0.2) is 15.4 Å². The van der Waals surface area contributed by atoms with Crippen molar-refractivity contribution in [2.45, 2.75) is 6.92 Å². The van der Waals surface area contributed by atoms with Gasteiger partial charge in [-0.1, -0.05) is 70.8 Å². The van der Waals surface area contributed by atoms with Crippen LogP contribution >= 0.6 is 23.2 Å². The van der Waals surface area contributed by atoms with E-state index < -0.39 is 0 Å². The summed E-state index contributed by atoms with van der Waals surface area (Å²) in [6, 6.07) is 16.9. The van der Waals surface area contributed by atoms with Gasteiger partial charge >= 0.3 is 0 Å². The maximum Gasteiger partial charge on any atom is 0.259 e. The van der Waals surface area contributed by atoms with Crippen molar-refractivity contribution in [3.05, 3.63) is 76.8 Å². The molecule has 0 radical (unpaired) electrons. The summed E-state index contributed by atoms with van der Waals surface area (Å²) in [5.74, 6) is 1.07. The largest absolute Gasteiger partial charge is 0.415 e. The molecule has 0 atom stereocenters. The van der Waals surface area contributed by atoms with Crippen molar-refractivity contribution < 1.29 is 8.94 Å². The van der Waals surface area contributed by atoms with Gasteiger partial charge in [0.25, 0.3) is 11.8 Å². The Hall–Kier alpha value is -2.89. The molecule has 27 heavy (non-hydrogen) atoms. The molecular weight excluding hydrogens is 385 g/mol. The number of aryl methyl sites for hydroxylation is 1. The minimum absolute atomic E-state index is 0.200. The van der Waals surface area contributed by atoms with Gasteiger partial charge in [0.05, 0.1) is 0 Å². The fraction of sp³-hybridized carbons (Fsp3) is 0.0500. The fourth-order valence-electron chi connectivity index (χ4n) is 2.64. The lowest BCUT2D eigenvalue weighted by Gasteiger charge is -1.98. The molecule has 2 heterocycles. The van der Waals surface area contributed by atoms with Crippen LogP contribution in [0.3, 0.4) is 0 Å². The minimum Gasteiger partial charge on any atom is -0.415 e. The molecule has 0 aliphatic carbocycles. The number of benzene rings is 2. The maximum absolute atomic E-state index is 6.35. The Kier molecular flexibility index (Phi) is 4.79. The number of nitrogens with zero attached hydrogens (tertiary/aromatic N) is 3. The Balaban J connectivity index is 1.71. The average Bonchev–Trinajstić information content (AvgIpc) is 3.29. The standard InChI is InChI=1S/C20H13Cl2N3O2/c1-12-17(18(25-27-12)14-7-3-2-4-8-14)20-24-23-19(26-20)16(22)11-13-6-5-9-15(21)10-13/h2-11H,1H3/b16-11-. The normalized spacial score (nSPS) is 11.7. The zero-order chi connectivity index (χ0) is 18.8. The second-order valence-corrected chi connectivity index (χ2v) is 6.63. The molecule has 4 aromatic rings. The first kappa shape index (κ1) is 17.5. The number of hydrogen-bond donors (Lipinski definition) is 0. The van der Waals surface area contributed by atoms with E-state index in [1.165, 1.54) is 0 Å². The summed E-state index contributed by atoms with van der Waals surface area (Å²) < 4.78 is 11.1. The van der Waals surface area contributed by atoms with E-state index in [1.54, 1.807) is 25.1 Å². The van der Waals surface area contributed by atoms with Crippen LogP contribution < -0.4 is 0 Å². The Labute approximate surface area is 165 Å². The van der Waals surface area contributed by atoms with Crippen molar-refractivity contribution in [3.8, 4) is 22.7 Å². The molecule has 7 heteroatoms. The van der Waals surface area contributed by atoms with Gasteiger partial charge in [0.1, 0.15) is 22.0 Å². The topological polar surface area (TPSA) is 65.0 Å². The van der Waals surface area contributed by atoms with Gasteiger partial charge in [0.2, 0.25) is 0 Å². The van der Waals surface area contributed by atoms with Gasteiger partial charge < -0.3 is 8.94 Å². The molecule has 0 spiro atoms. The second-order valence-electron chi connectivity index (χ2n) is 5.79. The summed E-state index contributed by atoms with van der Waals surface area (Å²) in [6.07, 6.45) is 1.71. The highest BCUT2D eigenvalue weighted by molar-refractivity contribution is 6.50. The van der Waals surface area contributed by atoms with Gasteiger partial charge in [-0.25, -0.2) is 0 Å². The summed E-state index contributed by atoms with van der Waals surface area (Å²) in [7, 11) is 0. The molecule has 5 nitrogen and oxygen atoms in total. The van der Waals surface area contributed by atoms with Crippen LogP contribution in [0.25, 0.3) is 33.8 Å². The Morgan fingerprint density at radius 2 is 1.85 bits per heavy atom. The predicted molar refractivity (Wildman–Crippen MR) is 105 cm³/mol. The molecular formula is C20H13Cl2N3O2. The van der Waals surface area contributed by atoms with Crippen molar-refractivity contribution in [1.29, 1.82) is 0 Å². The Bertz CT molecular complexity index is 1120. The predicted octanol–water partition coefficient (Wildman–Crippen LogP) is 6.09. The molecule has 4 rings (SSSR count). The summed E-state index contributed by atoms with van der Waals surface area (Å²) in [6.45, 7) is 1.79. The third kappa shape index (κ3) is 3.65. The molecule has 0 bridgehead atoms. The van der Waals surface area contributed by atoms with Gasteiger partial charge in [-0.3, -0.25) is 0 Å². The maximum atomic E-state index is 6.35. The van der Waals surface area contributed by atoms with Crippen LogP contribution in [0.2, 0.25) is 5.02 Å². The van der Waals surface area contributed by atoms with E-state index in [-0.39, 0.29) is 5.89 Å². The summed E-state index contributed by atoms with van der Waals surface area (Å²) in [5.41, 5.74) is 3.01. The molecule has 0 amide bonds. The van der Waals surface area contributed by atoms with E-state index in [0.717, 1.165) is 11.1 Å². The lowest BCUT2D eigenvalue weighted by molar-refractivity contribution is 0.399. The van der Waals surface area contributed by atoms with E-state index in [2.05, 4.69) is 15.4 Å². The number of halogens is 2. The third-order valence-electron chi connectivity index (χ3n) is 3.90. The van der Waals surface area contributed by atoms with Gasteiger partial charge in [0, 0.05) is 10.6 Å². The molecule has 0 saturated heterocycles. The SMILES string of the molecule is Cc1onc(-c2ccccc2)c1-c1nnc(/C(Cl)=C/c2cccc(Cl)c2)o1. The van der Waals surface area contributed by atoms with Crippen LogP contribution in [0.15, 0.2) is 63.5 Å². The lowest BCUT2D eigenvalue weighted by atomic mass is 10.1. The van der Waals surface area contributed by atoms with Crippen molar-refractivity contribution in [3.63, 3.8) is 0 Å². The quantitative estimate of drug-likeness (QED) is 0.416. The Morgan fingerprint density at radius 1 is 1.04 bits per heavy atom. The lowest BCUT2D eigenvalue weighted by Crippen LogP contribution is -1.84. The average molecular weight is 398 g/mol. The van der Waals surface area contributed by atoms with E-state index in [4.69, 9.17) is 32.1 Å². The van der Waals surface area contributed by atoms with Crippen molar-refractivity contribution in [2.75, 3.05) is 0 Å². The highest BCUT2D eigenvalue weighted by atomic mass is 35.5. The monoisotopic (exact) mass is 397 g/mol. The molecule has 134 valence electrons. The number of hydrogen-bond acceptors (Lipinski definition) is 5. The second kappa shape index (κ2) is 7.39. The third-order valence-corrected chi connectivity index (χ3v) is 4.40. The molecule has 2 aromatic carbocycles. The van der Waals surface area contributed by atoms with Crippen molar-refractivity contribution >= 4 is 34.3 Å². The first-order valence-electron chi connectivity index (χ1n) is 8.10. The van der Waals surface area contributed by atoms with Crippen molar-refractivity contribution in [2.24, 2.45) is 0 Å². The molecule has 0 unspecified atom stereocenters. The fourth-order valence-corrected chi connectivity index (χ4v) is 3.04. The van der Waals surface area contributed by atoms with Crippen molar-refractivity contribution in [1.82, 2.24) is 15.4 Å². The number of rotatable bonds is 4.